The zero-order chi connectivity index (χ0) is 6.41. The van der Waals surface area contributed by atoms with Crippen molar-refractivity contribution in [3.8, 4) is 0 Å². The van der Waals surface area contributed by atoms with Crippen LogP contribution >= 0.6 is 20.4 Å². The Labute approximate surface area is 46.7 Å². The molecule has 0 aliphatic carbocycles. The summed E-state index contributed by atoms with van der Waals surface area (Å²) in [5.41, 5.74) is 0. The predicted molar refractivity (Wildman–Crippen MR) is 20.9 cm³/mol. The van der Waals surface area contributed by atoms with E-state index in [4.69, 9.17) is 0 Å². The van der Waals surface area contributed by atoms with Crippen LogP contribution < -0.4 is 0 Å². The topological polar surface area (TPSA) is 0 Å². The van der Waals surface area contributed by atoms with Gasteiger partial charge in [-0.15, -0.1) is 0 Å². The van der Waals surface area contributed by atoms with Crippen LogP contribution in [0.2, 0.25) is 0 Å². The average Bonchev–Trinajstić information content (AvgIpc) is 0.592. The van der Waals surface area contributed by atoms with Gasteiger partial charge in [0.2, 0.25) is 0 Å². The molecule has 0 aliphatic heterocycles. The second-order valence-electron chi connectivity index (χ2n) is 1.24. The second-order valence-corrected chi connectivity index (χ2v) is 34.2. The third-order valence-electron chi connectivity index (χ3n) is 0. The molecule has 0 saturated carbocycles. The van der Waals surface area contributed by atoms with Gasteiger partial charge in [0.15, 0.2) is 0 Å². The van der Waals surface area contributed by atoms with Crippen LogP contribution in [-0.4, -0.2) is 0 Å². The van der Waals surface area contributed by atoms with Crippen molar-refractivity contribution >= 4 is 20.4 Å². The molecule has 0 unspecified atom stereocenters. The second kappa shape index (κ2) is 1.30. The number of hydrogen-bond donors (Lipinski definition) is 0. The van der Waals surface area contributed by atoms with Crippen LogP contribution in [0.1, 0.15) is 0 Å². The molecule has 0 amide bonds. The zero-order valence-electron chi connectivity index (χ0n) is 2.85. The first-order chi connectivity index (χ1) is 2.45. The van der Waals surface area contributed by atoms with Gasteiger partial charge >= 0.3 is 47.5 Å². The summed E-state index contributed by atoms with van der Waals surface area (Å²) in [5.74, 6) is 0. The molecule has 0 spiro atoms. The number of hydrogen-bond acceptors (Lipinski definition) is 0. The van der Waals surface area contributed by atoms with E-state index in [1.165, 1.54) is 0 Å². The summed E-state index contributed by atoms with van der Waals surface area (Å²) < 4.78 is 33.7. The van der Waals surface area contributed by atoms with E-state index in [1.807, 2.05) is 0 Å². The van der Waals surface area contributed by atoms with Crippen LogP contribution in [-0.2, 0) is 0 Å². The summed E-state index contributed by atoms with van der Waals surface area (Å²) in [4.78, 5) is 0. The Balaban J connectivity index is 4.43. The van der Waals surface area contributed by atoms with Crippen molar-refractivity contribution in [2.24, 2.45) is 0 Å². The van der Waals surface area contributed by atoms with Crippen molar-refractivity contribution in [2.75, 3.05) is 0 Å². The molecular formula is Cl3F3La. The Bertz CT molecular complexity index is 68.7. The first-order valence-corrected chi connectivity index (χ1v) is 19.1. The molecule has 0 atom stereocenters. The van der Waals surface area contributed by atoms with E-state index in [0.29, 0.717) is 0 Å². The molecule has 0 aromatic heterocycles. The fourth-order valence-electron chi connectivity index (χ4n) is 0. The van der Waals surface area contributed by atoms with E-state index in [0.717, 1.165) is 0 Å². The van der Waals surface area contributed by atoms with Gasteiger partial charge in [-0.1, -0.05) is 0 Å². The van der Waals surface area contributed by atoms with Gasteiger partial charge in [-0.3, -0.25) is 0 Å². The quantitative estimate of drug-likeness (QED) is 0.644. The van der Waals surface area contributed by atoms with Crippen molar-refractivity contribution in [3.05, 3.63) is 0 Å². The summed E-state index contributed by atoms with van der Waals surface area (Å²) in [6.45, 7) is 11.4. The SMILES string of the molecule is [F][La]([F])([F])([Cl])([Cl])[Cl]. The molecule has 45 valence electrons. The van der Waals surface area contributed by atoms with E-state index in [9.17, 15) is 4.81 Å². The molecule has 0 rings (SSSR count). The van der Waals surface area contributed by atoms with Crippen molar-refractivity contribution in [1.29, 1.82) is 0 Å². The van der Waals surface area contributed by atoms with Crippen LogP contribution in [0.25, 0.3) is 0 Å². The van der Waals surface area contributed by atoms with Crippen LogP contribution in [0.15, 0.2) is 0 Å². The van der Waals surface area contributed by atoms with E-state index in [-0.39, 0.29) is 0 Å². The fourth-order valence-corrected chi connectivity index (χ4v) is 0. The van der Waals surface area contributed by atoms with Crippen molar-refractivity contribution in [1.82, 2.24) is 0 Å². The molecule has 7 heavy (non-hydrogen) atoms. The van der Waals surface area contributed by atoms with Gasteiger partial charge in [0, 0.05) is 0 Å². The number of rotatable bonds is 0. The first-order valence-electron chi connectivity index (χ1n) is 1.31. The molecule has 0 aromatic carbocycles. The third kappa shape index (κ3) is 78.3. The van der Waals surface area contributed by atoms with E-state index in [2.05, 4.69) is 20.4 Å². The number of halogens is 6. The summed E-state index contributed by atoms with van der Waals surface area (Å²) in [5, 5.41) is 0. The monoisotopic (exact) mass is 301 g/mol. The Morgan fingerprint density at radius 2 is 0.857 bits per heavy atom. The molecular weight excluding hydrogens is 302 g/mol. The molecule has 0 radical (unpaired) electrons. The summed E-state index contributed by atoms with van der Waals surface area (Å²) in [7, 11) is 0. The van der Waals surface area contributed by atoms with Crippen molar-refractivity contribution < 1.29 is 27.1 Å². The van der Waals surface area contributed by atoms with Crippen LogP contribution in [0.4, 0.5) is 4.81 Å². The van der Waals surface area contributed by atoms with Gasteiger partial charge in [0.1, 0.15) is 0 Å². The molecule has 0 aromatic rings. The summed E-state index contributed by atoms with van der Waals surface area (Å²) in [6.07, 6.45) is 0. The van der Waals surface area contributed by atoms with Gasteiger partial charge in [-0.05, 0) is 0 Å². The van der Waals surface area contributed by atoms with Crippen LogP contribution in [0.5, 0.6) is 0 Å². The van der Waals surface area contributed by atoms with E-state index >= 15 is 0 Å². The Morgan fingerprint density at radius 1 is 0.857 bits per heavy atom. The fraction of sp³-hybridized carbons (Fsp3) is 0. The van der Waals surface area contributed by atoms with Gasteiger partial charge in [-0.2, -0.15) is 0 Å². The first kappa shape index (κ1) is 8.85. The maximum absolute atomic E-state index is 11.2. The molecule has 0 saturated heterocycles. The minimum atomic E-state index is -8.53. The molecule has 0 N–H and O–H groups in total. The Hall–Kier alpha value is 1.85. The Kier molecular flexibility index (Phi) is 1.64. The standard InChI is InChI=1S/3ClH.3FH.La/h6*1H;/q;;;;;;+6/p-6. The summed E-state index contributed by atoms with van der Waals surface area (Å²) >= 11 is -8.53. The van der Waals surface area contributed by atoms with Crippen molar-refractivity contribution in [3.63, 3.8) is 0 Å². The van der Waals surface area contributed by atoms with Gasteiger partial charge < -0.3 is 0 Å². The van der Waals surface area contributed by atoms with Crippen LogP contribution in [0, 0.1) is 22.3 Å². The van der Waals surface area contributed by atoms with Crippen molar-refractivity contribution in [2.45, 2.75) is 0 Å². The predicted octanol–water partition coefficient (Wildman–Crippen LogP) is 3.33. The minimum absolute atomic E-state index is 3.79. The van der Waals surface area contributed by atoms with E-state index < -0.39 is 22.3 Å². The average molecular weight is 302 g/mol. The normalized spacial score (nSPS) is 23.1. The van der Waals surface area contributed by atoms with Gasteiger partial charge in [0.05, 0.1) is 0 Å². The maximum atomic E-state index is 11.2. The molecule has 0 aliphatic rings. The Morgan fingerprint density at radius 3 is 0.857 bits per heavy atom. The third-order valence-corrected chi connectivity index (χ3v) is 0. The van der Waals surface area contributed by atoms with Gasteiger partial charge in [-0.25, -0.2) is 0 Å². The molecule has 7 heteroatoms. The van der Waals surface area contributed by atoms with Crippen LogP contribution in [0.3, 0.4) is 0 Å². The zero-order valence-corrected chi connectivity index (χ0v) is 8.74. The van der Waals surface area contributed by atoms with E-state index in [1.54, 1.807) is 0 Å². The molecule has 0 heterocycles. The molecule has 0 fully saturated rings. The summed E-state index contributed by atoms with van der Waals surface area (Å²) in [6, 6.07) is 0. The molecule has 0 bridgehead atoms. The van der Waals surface area contributed by atoms with Gasteiger partial charge in [0.25, 0.3) is 0 Å². The molecule has 0 nitrogen and oxygen atoms in total.